The number of quaternary nitrogens is 1. The summed E-state index contributed by atoms with van der Waals surface area (Å²) >= 11 is 0. The van der Waals surface area contributed by atoms with Crippen LogP contribution in [-0.2, 0) is 4.74 Å². The Morgan fingerprint density at radius 3 is 2.92 bits per heavy atom. The number of rotatable bonds is 0. The smallest absolute Gasteiger partial charge is 0.186 e. The maximum absolute atomic E-state index is 6.07. The molecule has 0 aromatic heterocycles. The summed E-state index contributed by atoms with van der Waals surface area (Å²) in [5.74, 6) is 0.793. The van der Waals surface area contributed by atoms with Crippen molar-refractivity contribution in [3.8, 4) is 0 Å². The summed E-state index contributed by atoms with van der Waals surface area (Å²) in [6, 6.07) is 1.25. The highest BCUT2D eigenvalue weighted by atomic mass is 16.6. The first-order valence-electron chi connectivity index (χ1n) is 5.35. The summed E-state index contributed by atoms with van der Waals surface area (Å²) in [5.41, 5.74) is 6.60. The van der Waals surface area contributed by atoms with Gasteiger partial charge in [-0.2, -0.15) is 0 Å². The number of epoxide rings is 1. The average molecular weight is 181 g/mol. The molecule has 13 heavy (non-hydrogen) atoms. The summed E-state index contributed by atoms with van der Waals surface area (Å²) in [6.07, 6.45) is 3.65. The first-order chi connectivity index (χ1) is 6.10. The van der Waals surface area contributed by atoms with Crippen molar-refractivity contribution in [3.63, 3.8) is 0 Å². The molecule has 72 valence electrons. The number of nitrogens with zero attached hydrogens (tertiary/aromatic N) is 1. The summed E-state index contributed by atoms with van der Waals surface area (Å²) in [6.45, 7) is 0. The van der Waals surface area contributed by atoms with E-state index in [0.717, 1.165) is 12.0 Å². The molecular weight excluding hydrogens is 164 g/mol. The van der Waals surface area contributed by atoms with Crippen molar-refractivity contribution in [2.45, 2.75) is 42.7 Å². The van der Waals surface area contributed by atoms with Crippen LogP contribution in [-0.4, -0.2) is 48.4 Å². The Balaban J connectivity index is 1.79. The Morgan fingerprint density at radius 2 is 2.15 bits per heavy atom. The zero-order chi connectivity index (χ0) is 9.01. The van der Waals surface area contributed by atoms with Crippen LogP contribution in [0.1, 0.15) is 12.8 Å². The van der Waals surface area contributed by atoms with Crippen LogP contribution in [0, 0.1) is 5.92 Å². The molecule has 2 saturated heterocycles. The Bertz CT molecular complexity index is 293. The van der Waals surface area contributed by atoms with Gasteiger partial charge in [-0.15, -0.1) is 0 Å². The van der Waals surface area contributed by atoms with Gasteiger partial charge in [0.25, 0.3) is 0 Å². The number of nitrogens with two attached hydrogens (primary N) is 1. The lowest BCUT2D eigenvalue weighted by atomic mass is 9.63. The number of hydrogen-bond acceptors (Lipinski definition) is 2. The Kier molecular flexibility index (Phi) is 0.873. The second-order valence-electron chi connectivity index (χ2n) is 5.80. The number of fused-ring (bicyclic) bond motifs is 2. The second-order valence-corrected chi connectivity index (χ2v) is 5.80. The van der Waals surface area contributed by atoms with Crippen LogP contribution < -0.4 is 5.73 Å². The molecule has 0 bridgehead atoms. The number of ether oxygens (including phenoxy) is 1. The van der Waals surface area contributed by atoms with Gasteiger partial charge in [-0.25, -0.2) is 0 Å². The van der Waals surface area contributed by atoms with Crippen LogP contribution in [0.4, 0.5) is 0 Å². The van der Waals surface area contributed by atoms with Crippen LogP contribution in [0.3, 0.4) is 0 Å². The quantitative estimate of drug-likeness (QED) is 0.412. The molecule has 4 rings (SSSR count). The van der Waals surface area contributed by atoms with Gasteiger partial charge in [-0.3, -0.25) is 0 Å². The predicted octanol–water partition coefficient (Wildman–Crippen LogP) is -0.298. The van der Waals surface area contributed by atoms with Crippen LogP contribution in [0.2, 0.25) is 0 Å². The topological polar surface area (TPSA) is 38.5 Å². The maximum atomic E-state index is 6.07. The van der Waals surface area contributed by atoms with Crippen molar-refractivity contribution in [1.82, 2.24) is 0 Å². The van der Waals surface area contributed by atoms with E-state index in [1.54, 1.807) is 0 Å². The third-order valence-corrected chi connectivity index (χ3v) is 5.30. The normalized spacial score (nSPS) is 69.9. The van der Waals surface area contributed by atoms with E-state index in [1.807, 2.05) is 0 Å². The van der Waals surface area contributed by atoms with E-state index < -0.39 is 0 Å². The van der Waals surface area contributed by atoms with Crippen molar-refractivity contribution in [2.24, 2.45) is 11.7 Å². The van der Waals surface area contributed by atoms with E-state index in [4.69, 9.17) is 10.5 Å². The van der Waals surface area contributed by atoms with Crippen molar-refractivity contribution in [1.29, 1.82) is 0 Å². The SMILES string of the molecule is C[N+]1(C)C2CC(N)CC3C4OC4C321. The van der Waals surface area contributed by atoms with E-state index in [9.17, 15) is 0 Å². The molecule has 1 spiro atoms. The summed E-state index contributed by atoms with van der Waals surface area (Å²) < 4.78 is 6.92. The van der Waals surface area contributed by atoms with Gasteiger partial charge in [0.05, 0.1) is 20.0 Å². The highest BCUT2D eigenvalue weighted by Crippen LogP contribution is 2.75. The molecule has 0 amide bonds. The molecule has 4 aliphatic rings. The first-order valence-corrected chi connectivity index (χ1v) is 5.35. The van der Waals surface area contributed by atoms with Crippen LogP contribution >= 0.6 is 0 Å². The molecule has 2 heterocycles. The predicted molar refractivity (Wildman–Crippen MR) is 48.0 cm³/mol. The minimum absolute atomic E-state index is 0.438. The number of likely N-dealkylation sites (N-methyl/N-ethyl adjacent to an activating group) is 1. The lowest BCUT2D eigenvalue weighted by Gasteiger charge is -2.34. The third kappa shape index (κ3) is 0.485. The largest absolute Gasteiger partial charge is 0.362 e. The van der Waals surface area contributed by atoms with Gasteiger partial charge in [0.15, 0.2) is 5.54 Å². The Labute approximate surface area is 78.4 Å². The lowest BCUT2D eigenvalue weighted by molar-refractivity contribution is -0.805. The van der Waals surface area contributed by atoms with Crippen LogP contribution in [0.15, 0.2) is 0 Å². The van der Waals surface area contributed by atoms with E-state index in [-0.39, 0.29) is 0 Å². The molecule has 0 radical (unpaired) electrons. The molecule has 3 heteroatoms. The Hall–Kier alpha value is -0.120. The number of hydrogen-bond donors (Lipinski definition) is 1. The fourth-order valence-electron chi connectivity index (χ4n) is 4.66. The van der Waals surface area contributed by atoms with Gasteiger partial charge in [-0.1, -0.05) is 0 Å². The van der Waals surface area contributed by atoms with E-state index in [1.165, 1.54) is 17.3 Å². The van der Waals surface area contributed by atoms with E-state index >= 15 is 0 Å². The summed E-state index contributed by atoms with van der Waals surface area (Å²) in [7, 11) is 4.71. The highest BCUT2D eigenvalue weighted by Gasteiger charge is 2.96. The minimum Gasteiger partial charge on any atom is -0.362 e. The van der Waals surface area contributed by atoms with Crippen molar-refractivity contribution in [2.75, 3.05) is 14.1 Å². The fourth-order valence-corrected chi connectivity index (χ4v) is 4.66. The van der Waals surface area contributed by atoms with Crippen molar-refractivity contribution < 1.29 is 9.22 Å². The Morgan fingerprint density at radius 1 is 1.38 bits per heavy atom. The van der Waals surface area contributed by atoms with Gasteiger partial charge in [0.1, 0.15) is 18.2 Å². The second kappa shape index (κ2) is 1.58. The molecule has 3 nitrogen and oxygen atoms in total. The molecule has 4 fully saturated rings. The lowest BCUT2D eigenvalue weighted by Crippen LogP contribution is -2.56. The summed E-state index contributed by atoms with van der Waals surface area (Å²) in [4.78, 5) is 0. The fraction of sp³-hybridized carbons (Fsp3) is 1.00. The number of likely N-dealkylation sites (tertiary alicyclic amines) is 1. The van der Waals surface area contributed by atoms with E-state index in [0.29, 0.717) is 23.8 Å². The standard InChI is InChI=1S/C10H17N2O/c1-12(2)7-4-5(11)3-6-8-9(13-8)10(6,7)12/h5-9H,3-4,11H2,1-2H3/q+1. The molecule has 2 aliphatic heterocycles. The first kappa shape index (κ1) is 7.21. The monoisotopic (exact) mass is 181 g/mol. The van der Waals surface area contributed by atoms with Gasteiger partial charge in [0, 0.05) is 12.5 Å². The molecule has 2 N–H and O–H groups in total. The van der Waals surface area contributed by atoms with Gasteiger partial charge >= 0.3 is 0 Å². The molecule has 0 aromatic carbocycles. The molecule has 2 saturated carbocycles. The highest BCUT2D eigenvalue weighted by molar-refractivity contribution is 5.33. The minimum atomic E-state index is 0.438. The molecular formula is C10H17N2O+. The van der Waals surface area contributed by atoms with Gasteiger partial charge < -0.3 is 15.0 Å². The zero-order valence-corrected chi connectivity index (χ0v) is 8.23. The molecule has 6 atom stereocenters. The van der Waals surface area contributed by atoms with Crippen molar-refractivity contribution in [3.05, 3.63) is 0 Å². The third-order valence-electron chi connectivity index (χ3n) is 5.30. The molecule has 2 aliphatic carbocycles. The van der Waals surface area contributed by atoms with Gasteiger partial charge in [0.2, 0.25) is 0 Å². The van der Waals surface area contributed by atoms with Gasteiger partial charge in [-0.05, 0) is 6.42 Å². The molecule has 6 unspecified atom stereocenters. The average Bonchev–Trinajstić information content (AvgIpc) is 2.85. The van der Waals surface area contributed by atoms with Crippen LogP contribution in [0.5, 0.6) is 0 Å². The summed E-state index contributed by atoms with van der Waals surface area (Å²) in [5, 5.41) is 0. The zero-order valence-electron chi connectivity index (χ0n) is 8.23. The van der Waals surface area contributed by atoms with Crippen molar-refractivity contribution >= 4 is 0 Å². The maximum Gasteiger partial charge on any atom is 0.186 e. The van der Waals surface area contributed by atoms with Crippen LogP contribution in [0.25, 0.3) is 0 Å². The molecule has 0 aromatic rings. The van der Waals surface area contributed by atoms with E-state index in [2.05, 4.69) is 14.1 Å².